The van der Waals surface area contributed by atoms with Crippen LogP contribution in [0.2, 0.25) is 0 Å². The lowest BCUT2D eigenvalue weighted by molar-refractivity contribution is 0.0694. The van der Waals surface area contributed by atoms with Crippen LogP contribution in [0.15, 0.2) is 4.99 Å². The Labute approximate surface area is 159 Å². The predicted octanol–water partition coefficient (Wildman–Crippen LogP) is 3.12. The van der Waals surface area contributed by atoms with E-state index in [-0.39, 0.29) is 32.1 Å². The van der Waals surface area contributed by atoms with Crippen LogP contribution in [0.1, 0.15) is 20.7 Å². The first-order valence-corrected chi connectivity index (χ1v) is 8.55. The summed E-state index contributed by atoms with van der Waals surface area (Å²) in [6.45, 7) is 0. The Morgan fingerprint density at radius 3 is 1.75 bits per heavy atom. The summed E-state index contributed by atoms with van der Waals surface area (Å²) in [5.41, 5.74) is 5.54. The number of hydrogen-bond acceptors (Lipinski definition) is 3. The topological polar surface area (TPSA) is 113 Å². The Hall–Kier alpha value is 0.110. The van der Waals surface area contributed by atoms with Crippen molar-refractivity contribution in [3.63, 3.8) is 0 Å². The minimum absolute atomic E-state index is 0.0387. The van der Waals surface area contributed by atoms with E-state index in [9.17, 15) is 19.8 Å². The minimum atomic E-state index is -1.22. The lowest BCUT2D eigenvalue weighted by Crippen LogP contribution is -2.15. The summed E-state index contributed by atoms with van der Waals surface area (Å²) >= 11 is 10.9. The van der Waals surface area contributed by atoms with Gasteiger partial charge in [-0.2, -0.15) is 0 Å². The number of benzene rings is 1. The minimum Gasteiger partial charge on any atom is -0.478 e. The monoisotopic (exact) mass is 634 g/mol. The molecule has 0 fully saturated rings. The van der Waals surface area contributed by atoms with E-state index in [0.29, 0.717) is 7.14 Å². The van der Waals surface area contributed by atoms with Gasteiger partial charge in [-0.15, -0.1) is 11.6 Å². The number of rotatable bonds is 4. The van der Waals surface area contributed by atoms with E-state index < -0.39 is 11.9 Å². The predicted molar refractivity (Wildman–Crippen MR) is 101 cm³/mol. The van der Waals surface area contributed by atoms with Crippen molar-refractivity contribution >= 4 is 103 Å². The molecule has 4 N–H and O–H groups in total. The van der Waals surface area contributed by atoms with E-state index in [1.54, 1.807) is 22.6 Å². The second-order valence-corrected chi connectivity index (χ2v) is 6.89. The molecule has 0 atom stereocenters. The summed E-state index contributed by atoms with van der Waals surface area (Å²) in [6.07, 6.45) is 0. The molecule has 0 saturated carbocycles. The molecule has 1 aromatic carbocycles. The molecule has 0 bridgehead atoms. The summed E-state index contributed by atoms with van der Waals surface area (Å²) in [5.74, 6) is -2.41. The maximum absolute atomic E-state index is 11.3. The number of carboxylic acids is 2. The summed E-state index contributed by atoms with van der Waals surface area (Å²) in [4.78, 5) is 26.7. The van der Waals surface area contributed by atoms with E-state index in [0.717, 1.165) is 0 Å². The number of alkyl halides is 1. The molecule has 0 heterocycles. The Kier molecular flexibility index (Phi) is 6.72. The van der Waals surface area contributed by atoms with Gasteiger partial charge in [0.05, 0.1) is 29.8 Å². The first-order chi connectivity index (χ1) is 9.22. The molecule has 6 nitrogen and oxygen atoms in total. The van der Waals surface area contributed by atoms with E-state index in [1.165, 1.54) is 0 Å². The molecule has 1 rings (SSSR count). The number of hydrogen-bond donors (Lipinski definition) is 3. The number of amidine groups is 1. The molecule has 20 heavy (non-hydrogen) atoms. The molecule has 1 aromatic rings. The van der Waals surface area contributed by atoms with Crippen molar-refractivity contribution in [3.8, 4) is 0 Å². The van der Waals surface area contributed by atoms with E-state index in [2.05, 4.69) is 4.99 Å². The smallest absolute Gasteiger partial charge is 0.337 e. The lowest BCUT2D eigenvalue weighted by atomic mass is 10.1. The molecular weight excluding hydrogens is 628 g/mol. The molecule has 0 aromatic heterocycles. The van der Waals surface area contributed by atoms with Gasteiger partial charge in [-0.25, -0.2) is 14.6 Å². The molecule has 0 saturated heterocycles. The highest BCUT2D eigenvalue weighted by molar-refractivity contribution is 14.1. The first kappa shape index (κ1) is 18.2. The van der Waals surface area contributed by atoms with Crippen LogP contribution < -0.4 is 5.73 Å². The third-order valence-corrected chi connectivity index (χ3v) is 5.57. The van der Waals surface area contributed by atoms with Crippen LogP contribution >= 0.6 is 79.4 Å². The Balaban J connectivity index is 3.85. The molecular formula is C10H6ClI3N2O4. The van der Waals surface area contributed by atoms with Gasteiger partial charge in [0.15, 0.2) is 0 Å². The summed E-state index contributed by atoms with van der Waals surface area (Å²) < 4.78 is 0.795. The van der Waals surface area contributed by atoms with Gasteiger partial charge in [0.25, 0.3) is 0 Å². The maximum atomic E-state index is 11.3. The Morgan fingerprint density at radius 2 is 1.45 bits per heavy atom. The zero-order valence-electron chi connectivity index (χ0n) is 9.45. The van der Waals surface area contributed by atoms with Gasteiger partial charge >= 0.3 is 11.9 Å². The Morgan fingerprint density at radius 1 is 1.05 bits per heavy atom. The van der Waals surface area contributed by atoms with Gasteiger partial charge in [0, 0.05) is 3.57 Å². The SMILES string of the molecule is NC(CCl)=Nc1c(I)c(C(=O)O)c(I)c(C(=O)O)c1I. The van der Waals surface area contributed by atoms with Crippen LogP contribution in [0.3, 0.4) is 0 Å². The van der Waals surface area contributed by atoms with Crippen LogP contribution in [0.4, 0.5) is 5.69 Å². The van der Waals surface area contributed by atoms with Crippen molar-refractivity contribution in [1.29, 1.82) is 0 Å². The summed E-state index contributed by atoms with van der Waals surface area (Å²) in [6, 6.07) is 0. The van der Waals surface area contributed by atoms with Crippen molar-refractivity contribution in [3.05, 3.63) is 21.8 Å². The standard InChI is InChI=1S/C10H6ClI3N2O4/c11-1-2(15)16-8-6(13)3(9(17)18)5(12)4(7(8)14)10(19)20/h1H2,(H2,15,16)(H,17,18)(H,19,20). The van der Waals surface area contributed by atoms with Gasteiger partial charge < -0.3 is 15.9 Å². The maximum Gasteiger partial charge on any atom is 0.337 e. The molecule has 0 unspecified atom stereocenters. The number of aromatic carboxylic acids is 2. The lowest BCUT2D eigenvalue weighted by Gasteiger charge is -2.13. The number of halogens is 4. The highest BCUT2D eigenvalue weighted by atomic mass is 127. The number of carbonyl (C=O) groups is 2. The average molecular weight is 634 g/mol. The third-order valence-electron chi connectivity index (χ3n) is 2.11. The molecule has 0 aliphatic rings. The molecule has 0 amide bonds. The fourth-order valence-corrected chi connectivity index (χ4v) is 5.69. The van der Waals surface area contributed by atoms with Crippen molar-refractivity contribution in [1.82, 2.24) is 0 Å². The zero-order valence-corrected chi connectivity index (χ0v) is 16.7. The van der Waals surface area contributed by atoms with Gasteiger partial charge in [0.1, 0.15) is 5.84 Å². The third kappa shape index (κ3) is 3.65. The van der Waals surface area contributed by atoms with E-state index >= 15 is 0 Å². The highest BCUT2D eigenvalue weighted by Gasteiger charge is 2.27. The van der Waals surface area contributed by atoms with Crippen molar-refractivity contribution in [2.24, 2.45) is 10.7 Å². The van der Waals surface area contributed by atoms with Crippen molar-refractivity contribution in [2.45, 2.75) is 0 Å². The molecule has 0 spiro atoms. The molecule has 108 valence electrons. The summed E-state index contributed by atoms with van der Waals surface area (Å²) in [5, 5.41) is 18.5. The second-order valence-electron chi connectivity index (χ2n) is 3.39. The number of nitrogens with zero attached hydrogens (tertiary/aromatic N) is 1. The van der Waals surface area contributed by atoms with E-state index in [4.69, 9.17) is 17.3 Å². The van der Waals surface area contributed by atoms with Gasteiger partial charge in [-0.3, -0.25) is 0 Å². The van der Waals surface area contributed by atoms with Crippen molar-refractivity contribution < 1.29 is 19.8 Å². The van der Waals surface area contributed by atoms with Crippen molar-refractivity contribution in [2.75, 3.05) is 5.88 Å². The number of aliphatic imine (C=N–C) groups is 1. The second kappa shape index (κ2) is 7.40. The first-order valence-electron chi connectivity index (χ1n) is 4.78. The van der Waals surface area contributed by atoms with E-state index in [1.807, 2.05) is 45.2 Å². The summed E-state index contributed by atoms with van der Waals surface area (Å²) in [7, 11) is 0. The highest BCUT2D eigenvalue weighted by Crippen LogP contribution is 2.37. The van der Waals surface area contributed by atoms with Crippen LogP contribution in [0, 0.1) is 10.7 Å². The zero-order chi connectivity index (χ0) is 15.6. The molecule has 0 aliphatic carbocycles. The average Bonchev–Trinajstić information content (AvgIpc) is 2.33. The van der Waals surface area contributed by atoms with Crippen LogP contribution in [-0.4, -0.2) is 33.9 Å². The normalized spacial score (nSPS) is 11.5. The number of nitrogens with two attached hydrogens (primary N) is 1. The fraction of sp³-hybridized carbons (Fsp3) is 0.100. The Bertz CT molecular complexity index is 592. The molecule has 10 heteroatoms. The van der Waals surface area contributed by atoms with Gasteiger partial charge in [-0.05, 0) is 67.8 Å². The van der Waals surface area contributed by atoms with Gasteiger partial charge in [-0.1, -0.05) is 0 Å². The molecule has 0 aliphatic heterocycles. The molecule has 0 radical (unpaired) electrons. The van der Waals surface area contributed by atoms with Gasteiger partial charge in [0.2, 0.25) is 0 Å². The van der Waals surface area contributed by atoms with Crippen LogP contribution in [0.5, 0.6) is 0 Å². The largest absolute Gasteiger partial charge is 0.478 e. The van der Waals surface area contributed by atoms with Crippen LogP contribution in [-0.2, 0) is 0 Å². The quantitative estimate of drug-likeness (QED) is 0.204. The van der Waals surface area contributed by atoms with Crippen LogP contribution in [0.25, 0.3) is 0 Å². The fourth-order valence-electron chi connectivity index (χ4n) is 1.30. The number of carboxylic acid groups (broad SMARTS) is 2.